The number of carbonyl (C=O) groups is 1. The average Bonchev–Trinajstić information content (AvgIpc) is 2.28. The number of carbonyl (C=O) groups excluding carboxylic acids is 1. The number of benzene rings is 1. The van der Waals surface area contributed by atoms with Crippen molar-refractivity contribution in [3.63, 3.8) is 0 Å². The molecule has 0 atom stereocenters. The summed E-state index contributed by atoms with van der Waals surface area (Å²) < 4.78 is 6.03. The predicted octanol–water partition coefficient (Wildman–Crippen LogP) is 3.54. The Morgan fingerprint density at radius 1 is 1.33 bits per heavy atom. The molecule has 1 saturated carbocycles. The molecule has 0 saturated heterocycles. The fraction of sp³-hybridized carbons (Fsp3) is 0.500. The number of amides is 1. The Morgan fingerprint density at radius 3 is 2.61 bits per heavy atom. The van der Waals surface area contributed by atoms with Crippen LogP contribution in [0, 0.1) is 0 Å². The summed E-state index contributed by atoms with van der Waals surface area (Å²) in [6.07, 6.45) is 5.55. The molecule has 0 bridgehead atoms. The van der Waals surface area contributed by atoms with E-state index < -0.39 is 5.91 Å². The van der Waals surface area contributed by atoms with E-state index in [9.17, 15) is 4.79 Å². The lowest BCUT2D eigenvalue weighted by Crippen LogP contribution is -2.35. The van der Waals surface area contributed by atoms with Crippen molar-refractivity contribution in [2.75, 3.05) is 0 Å². The number of hydrogen-bond donors (Lipinski definition) is 1. The molecule has 0 spiro atoms. The van der Waals surface area contributed by atoms with Gasteiger partial charge >= 0.3 is 0 Å². The summed E-state index contributed by atoms with van der Waals surface area (Å²) in [6.45, 7) is 2.08. The Kier molecular flexibility index (Phi) is 3.81. The summed E-state index contributed by atoms with van der Waals surface area (Å²) >= 11 is 6.01. The van der Waals surface area contributed by atoms with E-state index in [1.165, 1.54) is 6.42 Å². The molecule has 2 rings (SSSR count). The maximum atomic E-state index is 11.4. The van der Waals surface area contributed by atoms with Crippen LogP contribution in [0.25, 0.3) is 0 Å². The second kappa shape index (κ2) is 5.19. The van der Waals surface area contributed by atoms with E-state index in [4.69, 9.17) is 22.1 Å². The molecule has 3 nitrogen and oxygen atoms in total. The van der Waals surface area contributed by atoms with Gasteiger partial charge in [-0.2, -0.15) is 0 Å². The van der Waals surface area contributed by atoms with Crippen molar-refractivity contribution in [3.8, 4) is 5.75 Å². The summed E-state index contributed by atoms with van der Waals surface area (Å²) in [5.74, 6) is -0.0468. The zero-order chi connectivity index (χ0) is 13.2. The first kappa shape index (κ1) is 13.2. The zero-order valence-corrected chi connectivity index (χ0v) is 11.3. The molecule has 1 aliphatic carbocycles. The third kappa shape index (κ3) is 2.78. The number of primary amides is 1. The molecule has 98 valence electrons. The number of ether oxygens (including phenoxy) is 1. The van der Waals surface area contributed by atoms with Gasteiger partial charge in [0.15, 0.2) is 0 Å². The number of halogens is 1. The third-order valence-electron chi connectivity index (χ3n) is 3.49. The highest BCUT2D eigenvalue weighted by molar-refractivity contribution is 6.34. The fourth-order valence-corrected chi connectivity index (χ4v) is 2.75. The van der Waals surface area contributed by atoms with Crippen molar-refractivity contribution in [3.05, 3.63) is 28.8 Å². The lowest BCUT2D eigenvalue weighted by molar-refractivity contribution is 0.0476. The molecule has 1 aliphatic rings. The Labute approximate surface area is 112 Å². The lowest BCUT2D eigenvalue weighted by atomic mass is 9.86. The van der Waals surface area contributed by atoms with Gasteiger partial charge in [-0.1, -0.05) is 24.1 Å². The SMILES string of the molecule is CC1(Oc2cccc(Cl)c2C(N)=O)CCCCC1. The summed E-state index contributed by atoms with van der Waals surface area (Å²) in [7, 11) is 0. The van der Waals surface area contributed by atoms with Crippen molar-refractivity contribution in [1.29, 1.82) is 0 Å². The van der Waals surface area contributed by atoms with Crippen LogP contribution in [0.15, 0.2) is 18.2 Å². The first-order chi connectivity index (χ1) is 8.52. The summed E-state index contributed by atoms with van der Waals surface area (Å²) in [5, 5.41) is 0.347. The average molecular weight is 268 g/mol. The van der Waals surface area contributed by atoms with Crippen LogP contribution < -0.4 is 10.5 Å². The second-order valence-corrected chi connectivity index (χ2v) is 5.50. The lowest BCUT2D eigenvalue weighted by Gasteiger charge is -2.34. The molecule has 0 heterocycles. The standard InChI is InChI=1S/C14H18ClNO2/c1-14(8-3-2-4-9-14)18-11-7-5-6-10(15)12(11)13(16)17/h5-7H,2-4,8-9H2,1H3,(H2,16,17). The highest BCUT2D eigenvalue weighted by atomic mass is 35.5. The predicted molar refractivity (Wildman–Crippen MR) is 72.1 cm³/mol. The van der Waals surface area contributed by atoms with Crippen LogP contribution in [-0.2, 0) is 0 Å². The Hall–Kier alpha value is -1.22. The van der Waals surface area contributed by atoms with Crippen molar-refractivity contribution >= 4 is 17.5 Å². The van der Waals surface area contributed by atoms with E-state index in [1.54, 1.807) is 18.2 Å². The first-order valence-electron chi connectivity index (χ1n) is 6.29. The van der Waals surface area contributed by atoms with Crippen LogP contribution >= 0.6 is 11.6 Å². The van der Waals surface area contributed by atoms with Gasteiger partial charge in [0.25, 0.3) is 5.91 Å². The molecule has 1 amide bonds. The van der Waals surface area contributed by atoms with E-state index in [0.717, 1.165) is 25.7 Å². The van der Waals surface area contributed by atoms with Gasteiger partial charge in [-0.25, -0.2) is 0 Å². The van der Waals surface area contributed by atoms with E-state index >= 15 is 0 Å². The van der Waals surface area contributed by atoms with E-state index in [2.05, 4.69) is 6.92 Å². The first-order valence-corrected chi connectivity index (χ1v) is 6.67. The highest BCUT2D eigenvalue weighted by Gasteiger charge is 2.30. The Bertz CT molecular complexity index is 453. The van der Waals surface area contributed by atoms with Crippen LogP contribution in [0.2, 0.25) is 5.02 Å². The molecule has 0 unspecified atom stereocenters. The monoisotopic (exact) mass is 267 g/mol. The number of hydrogen-bond acceptors (Lipinski definition) is 2. The molecule has 1 aromatic rings. The van der Waals surface area contributed by atoms with Crippen molar-refractivity contribution in [2.24, 2.45) is 5.73 Å². The quantitative estimate of drug-likeness (QED) is 0.911. The maximum absolute atomic E-state index is 11.4. The molecular formula is C14H18ClNO2. The maximum Gasteiger partial charge on any atom is 0.253 e. The summed E-state index contributed by atoms with van der Waals surface area (Å²) in [5.41, 5.74) is 5.43. The van der Waals surface area contributed by atoms with E-state index in [0.29, 0.717) is 10.8 Å². The van der Waals surface area contributed by atoms with E-state index in [-0.39, 0.29) is 11.2 Å². The number of rotatable bonds is 3. The topological polar surface area (TPSA) is 52.3 Å². The van der Waals surface area contributed by atoms with Gasteiger partial charge < -0.3 is 10.5 Å². The van der Waals surface area contributed by atoms with Gasteiger partial charge in [-0.05, 0) is 44.7 Å². The summed E-state index contributed by atoms with van der Waals surface area (Å²) in [4.78, 5) is 11.4. The van der Waals surface area contributed by atoms with Gasteiger partial charge in [0.05, 0.1) is 10.6 Å². The van der Waals surface area contributed by atoms with Crippen LogP contribution in [0.1, 0.15) is 49.4 Å². The molecule has 0 aromatic heterocycles. The highest BCUT2D eigenvalue weighted by Crippen LogP contribution is 2.35. The molecular weight excluding hydrogens is 250 g/mol. The van der Waals surface area contributed by atoms with Gasteiger partial charge in [0.1, 0.15) is 11.4 Å². The largest absolute Gasteiger partial charge is 0.487 e. The van der Waals surface area contributed by atoms with Gasteiger partial charge in [0, 0.05) is 0 Å². The second-order valence-electron chi connectivity index (χ2n) is 5.09. The van der Waals surface area contributed by atoms with Gasteiger partial charge in [-0.15, -0.1) is 0 Å². The van der Waals surface area contributed by atoms with Crippen LogP contribution in [0.3, 0.4) is 0 Å². The van der Waals surface area contributed by atoms with Crippen LogP contribution in [0.4, 0.5) is 0 Å². The van der Waals surface area contributed by atoms with Crippen molar-refractivity contribution in [2.45, 2.75) is 44.6 Å². The molecule has 4 heteroatoms. The summed E-state index contributed by atoms with van der Waals surface area (Å²) in [6, 6.07) is 5.18. The molecule has 1 fully saturated rings. The van der Waals surface area contributed by atoms with Crippen molar-refractivity contribution in [1.82, 2.24) is 0 Å². The minimum absolute atomic E-state index is 0.215. The Balaban J connectivity index is 2.28. The molecule has 1 aromatic carbocycles. The van der Waals surface area contributed by atoms with Crippen LogP contribution in [-0.4, -0.2) is 11.5 Å². The minimum Gasteiger partial charge on any atom is -0.487 e. The molecule has 0 radical (unpaired) electrons. The van der Waals surface area contributed by atoms with Gasteiger partial charge in [-0.3, -0.25) is 4.79 Å². The van der Waals surface area contributed by atoms with Gasteiger partial charge in [0.2, 0.25) is 0 Å². The molecule has 18 heavy (non-hydrogen) atoms. The number of nitrogens with two attached hydrogens (primary N) is 1. The zero-order valence-electron chi connectivity index (χ0n) is 10.5. The normalized spacial score (nSPS) is 18.3. The molecule has 2 N–H and O–H groups in total. The van der Waals surface area contributed by atoms with Crippen molar-refractivity contribution < 1.29 is 9.53 Å². The smallest absolute Gasteiger partial charge is 0.253 e. The molecule has 0 aliphatic heterocycles. The van der Waals surface area contributed by atoms with E-state index in [1.807, 2.05) is 0 Å². The van der Waals surface area contributed by atoms with Crippen LogP contribution in [0.5, 0.6) is 5.75 Å². The third-order valence-corrected chi connectivity index (χ3v) is 3.80. The fourth-order valence-electron chi connectivity index (χ4n) is 2.50. The Morgan fingerprint density at radius 2 is 2.00 bits per heavy atom. The minimum atomic E-state index is -0.546.